The third-order valence-corrected chi connectivity index (χ3v) is 2.64. The second-order valence-electron chi connectivity index (χ2n) is 3.86. The molecule has 0 bridgehead atoms. The summed E-state index contributed by atoms with van der Waals surface area (Å²) in [6, 6.07) is 5.60. The van der Waals surface area contributed by atoms with Crippen molar-refractivity contribution in [3.05, 3.63) is 18.2 Å². The average molecular weight is 207 g/mol. The first-order valence-corrected chi connectivity index (χ1v) is 5.26. The molecule has 0 aliphatic carbocycles. The van der Waals surface area contributed by atoms with Crippen LogP contribution in [0.15, 0.2) is 18.2 Å². The molecule has 0 radical (unpaired) electrons. The standard InChI is InChI=1S/C11H17N3O/c12-10-4-3-8(6-11(10)13)14-7-9-2-1-5-15-9/h3-4,6,9,14H,1-2,5,7,12-13H2. The number of benzene rings is 1. The van der Waals surface area contributed by atoms with E-state index in [-0.39, 0.29) is 0 Å². The summed E-state index contributed by atoms with van der Waals surface area (Å²) in [7, 11) is 0. The molecular weight excluding hydrogens is 190 g/mol. The lowest BCUT2D eigenvalue weighted by molar-refractivity contribution is 0.120. The SMILES string of the molecule is Nc1ccc(NCC2CCCO2)cc1N. The van der Waals surface area contributed by atoms with Gasteiger partial charge in [0.15, 0.2) is 0 Å². The normalized spacial score (nSPS) is 20.4. The van der Waals surface area contributed by atoms with Gasteiger partial charge in [-0.2, -0.15) is 0 Å². The van der Waals surface area contributed by atoms with E-state index >= 15 is 0 Å². The van der Waals surface area contributed by atoms with E-state index in [9.17, 15) is 0 Å². The van der Waals surface area contributed by atoms with Crippen molar-refractivity contribution in [3.8, 4) is 0 Å². The maximum absolute atomic E-state index is 5.71. The van der Waals surface area contributed by atoms with Crippen LogP contribution in [0.25, 0.3) is 0 Å². The molecule has 4 nitrogen and oxygen atoms in total. The van der Waals surface area contributed by atoms with Gasteiger partial charge in [-0.15, -0.1) is 0 Å². The van der Waals surface area contributed by atoms with Gasteiger partial charge >= 0.3 is 0 Å². The number of nitrogen functional groups attached to an aromatic ring is 2. The van der Waals surface area contributed by atoms with E-state index in [1.807, 2.05) is 18.2 Å². The molecule has 4 heteroatoms. The fourth-order valence-electron chi connectivity index (χ4n) is 1.72. The first-order chi connectivity index (χ1) is 7.25. The number of nitrogens with one attached hydrogen (secondary N) is 1. The third kappa shape index (κ3) is 2.53. The molecule has 0 aromatic heterocycles. The Labute approximate surface area is 89.6 Å². The highest BCUT2D eigenvalue weighted by Crippen LogP contribution is 2.20. The molecule has 1 aliphatic heterocycles. The molecule has 2 rings (SSSR count). The van der Waals surface area contributed by atoms with E-state index in [4.69, 9.17) is 16.2 Å². The average Bonchev–Trinajstić information content (AvgIpc) is 2.73. The lowest BCUT2D eigenvalue weighted by Crippen LogP contribution is -2.18. The molecule has 0 amide bonds. The maximum Gasteiger partial charge on any atom is 0.0748 e. The zero-order valence-corrected chi connectivity index (χ0v) is 8.70. The Bertz CT molecular complexity index is 335. The van der Waals surface area contributed by atoms with Crippen LogP contribution in [0.3, 0.4) is 0 Å². The van der Waals surface area contributed by atoms with E-state index in [0.29, 0.717) is 17.5 Å². The van der Waals surface area contributed by atoms with E-state index in [2.05, 4.69) is 5.32 Å². The van der Waals surface area contributed by atoms with Crippen LogP contribution in [0.1, 0.15) is 12.8 Å². The molecule has 1 heterocycles. The van der Waals surface area contributed by atoms with Gasteiger partial charge in [-0.05, 0) is 31.0 Å². The molecule has 1 atom stereocenters. The maximum atomic E-state index is 5.71. The molecule has 1 aromatic carbocycles. The van der Waals surface area contributed by atoms with Gasteiger partial charge in [0.1, 0.15) is 0 Å². The number of anilines is 3. The predicted molar refractivity (Wildman–Crippen MR) is 62.7 cm³/mol. The number of rotatable bonds is 3. The minimum Gasteiger partial charge on any atom is -0.397 e. The highest BCUT2D eigenvalue weighted by molar-refractivity contribution is 5.69. The first kappa shape index (κ1) is 10.1. The van der Waals surface area contributed by atoms with Gasteiger partial charge in [0.05, 0.1) is 17.5 Å². The van der Waals surface area contributed by atoms with Crippen LogP contribution in [-0.2, 0) is 4.74 Å². The summed E-state index contributed by atoms with van der Waals surface area (Å²) in [6.07, 6.45) is 2.64. The molecule has 1 fully saturated rings. The predicted octanol–water partition coefficient (Wildman–Crippen LogP) is 1.44. The second-order valence-corrected chi connectivity index (χ2v) is 3.86. The van der Waals surface area contributed by atoms with Crippen molar-refractivity contribution < 1.29 is 4.74 Å². The summed E-state index contributed by atoms with van der Waals surface area (Å²) in [6.45, 7) is 1.72. The van der Waals surface area contributed by atoms with Crippen molar-refractivity contribution in [3.63, 3.8) is 0 Å². The molecule has 1 saturated heterocycles. The van der Waals surface area contributed by atoms with Crippen LogP contribution < -0.4 is 16.8 Å². The summed E-state index contributed by atoms with van der Waals surface area (Å²) in [4.78, 5) is 0. The van der Waals surface area contributed by atoms with Gasteiger partial charge in [0.25, 0.3) is 0 Å². The highest BCUT2D eigenvalue weighted by Gasteiger charge is 2.14. The van der Waals surface area contributed by atoms with Crippen LogP contribution in [0.4, 0.5) is 17.1 Å². The van der Waals surface area contributed by atoms with Gasteiger partial charge in [-0.25, -0.2) is 0 Å². The van der Waals surface area contributed by atoms with Crippen LogP contribution in [0, 0.1) is 0 Å². The van der Waals surface area contributed by atoms with Gasteiger partial charge < -0.3 is 21.5 Å². The Hall–Kier alpha value is -1.42. The quantitative estimate of drug-likeness (QED) is 0.656. The highest BCUT2D eigenvalue weighted by atomic mass is 16.5. The van der Waals surface area contributed by atoms with Gasteiger partial charge in [-0.3, -0.25) is 0 Å². The van der Waals surface area contributed by atoms with Crippen LogP contribution in [0.2, 0.25) is 0 Å². The summed E-state index contributed by atoms with van der Waals surface area (Å²) in [5.74, 6) is 0. The van der Waals surface area contributed by atoms with Crippen molar-refractivity contribution in [2.75, 3.05) is 29.9 Å². The van der Waals surface area contributed by atoms with Gasteiger partial charge in [0, 0.05) is 18.8 Å². The van der Waals surface area contributed by atoms with Crippen LogP contribution in [0.5, 0.6) is 0 Å². The number of hydrogen-bond donors (Lipinski definition) is 3. The zero-order valence-electron chi connectivity index (χ0n) is 8.70. The van der Waals surface area contributed by atoms with E-state index < -0.39 is 0 Å². The minimum atomic E-state index is 0.337. The van der Waals surface area contributed by atoms with Crippen LogP contribution >= 0.6 is 0 Å². The smallest absolute Gasteiger partial charge is 0.0748 e. The van der Waals surface area contributed by atoms with Crippen molar-refractivity contribution in [1.29, 1.82) is 0 Å². The zero-order chi connectivity index (χ0) is 10.7. The Morgan fingerprint density at radius 3 is 2.87 bits per heavy atom. The second kappa shape index (κ2) is 4.40. The minimum absolute atomic E-state index is 0.337. The topological polar surface area (TPSA) is 73.3 Å². The van der Waals surface area contributed by atoms with Gasteiger partial charge in [0.2, 0.25) is 0 Å². The molecule has 0 spiro atoms. The molecule has 1 unspecified atom stereocenters. The lowest BCUT2D eigenvalue weighted by atomic mass is 10.2. The number of ether oxygens (including phenoxy) is 1. The fraction of sp³-hybridized carbons (Fsp3) is 0.455. The van der Waals surface area contributed by atoms with Crippen molar-refractivity contribution in [2.45, 2.75) is 18.9 Å². The Balaban J connectivity index is 1.90. The molecule has 0 saturated carbocycles. The van der Waals surface area contributed by atoms with Crippen LogP contribution in [-0.4, -0.2) is 19.3 Å². The molecule has 5 N–H and O–H groups in total. The number of hydrogen-bond acceptors (Lipinski definition) is 4. The lowest BCUT2D eigenvalue weighted by Gasteiger charge is -2.12. The van der Waals surface area contributed by atoms with E-state index in [1.54, 1.807) is 0 Å². The summed E-state index contributed by atoms with van der Waals surface area (Å²) in [5, 5.41) is 3.29. The number of nitrogens with two attached hydrogens (primary N) is 2. The Morgan fingerprint density at radius 2 is 2.20 bits per heavy atom. The monoisotopic (exact) mass is 207 g/mol. The van der Waals surface area contributed by atoms with E-state index in [1.165, 1.54) is 0 Å². The fourth-order valence-corrected chi connectivity index (χ4v) is 1.72. The van der Waals surface area contributed by atoms with Crippen molar-refractivity contribution >= 4 is 17.1 Å². The van der Waals surface area contributed by atoms with E-state index in [0.717, 1.165) is 31.7 Å². The summed E-state index contributed by atoms with van der Waals surface area (Å²) >= 11 is 0. The summed E-state index contributed by atoms with van der Waals surface area (Å²) in [5.41, 5.74) is 13.6. The Kier molecular flexibility index (Phi) is 2.97. The Morgan fingerprint density at radius 1 is 1.33 bits per heavy atom. The van der Waals surface area contributed by atoms with Crippen molar-refractivity contribution in [1.82, 2.24) is 0 Å². The molecule has 1 aromatic rings. The largest absolute Gasteiger partial charge is 0.397 e. The third-order valence-electron chi connectivity index (χ3n) is 2.64. The molecule has 82 valence electrons. The molecule has 15 heavy (non-hydrogen) atoms. The molecular formula is C11H17N3O. The van der Waals surface area contributed by atoms with Gasteiger partial charge in [-0.1, -0.05) is 0 Å². The molecule has 1 aliphatic rings. The summed E-state index contributed by atoms with van der Waals surface area (Å²) < 4.78 is 5.51. The van der Waals surface area contributed by atoms with Crippen molar-refractivity contribution in [2.24, 2.45) is 0 Å². The first-order valence-electron chi connectivity index (χ1n) is 5.26.